The van der Waals surface area contributed by atoms with Crippen molar-refractivity contribution in [3.05, 3.63) is 35.9 Å². The first-order valence-electron chi connectivity index (χ1n) is 7.23. The minimum atomic E-state index is -0.356. The fourth-order valence-corrected chi connectivity index (χ4v) is 3.00. The van der Waals surface area contributed by atoms with E-state index < -0.39 is 0 Å². The summed E-state index contributed by atoms with van der Waals surface area (Å²) in [5, 5.41) is 13.6. The van der Waals surface area contributed by atoms with Crippen molar-refractivity contribution < 1.29 is 5.11 Å². The molecule has 0 amide bonds. The van der Waals surface area contributed by atoms with Gasteiger partial charge in [-0.05, 0) is 5.56 Å². The molecule has 1 aromatic carbocycles. The van der Waals surface area contributed by atoms with Crippen molar-refractivity contribution in [2.45, 2.75) is 12.1 Å². The van der Waals surface area contributed by atoms with Crippen LogP contribution in [0.5, 0.6) is 0 Å². The Morgan fingerprint density at radius 3 is 2.53 bits per heavy atom. The van der Waals surface area contributed by atoms with E-state index in [0.717, 1.165) is 38.3 Å². The zero-order valence-electron chi connectivity index (χ0n) is 11.3. The summed E-state index contributed by atoms with van der Waals surface area (Å²) < 4.78 is 0. The molecule has 2 heterocycles. The van der Waals surface area contributed by atoms with Crippen LogP contribution >= 0.6 is 0 Å². The predicted octanol–water partition coefficient (Wildman–Crippen LogP) is 0.309. The summed E-state index contributed by atoms with van der Waals surface area (Å²) in [6, 6.07) is 10.7. The van der Waals surface area contributed by atoms with Gasteiger partial charge < -0.3 is 10.4 Å². The fourth-order valence-electron chi connectivity index (χ4n) is 3.00. The average molecular weight is 261 g/mol. The minimum Gasteiger partial charge on any atom is -0.387 e. The Balaban J connectivity index is 1.44. The molecule has 3 rings (SSSR count). The Morgan fingerprint density at radius 1 is 1.16 bits per heavy atom. The van der Waals surface area contributed by atoms with Gasteiger partial charge in [-0.3, -0.25) is 9.80 Å². The molecule has 0 saturated carbocycles. The molecule has 2 aliphatic rings. The van der Waals surface area contributed by atoms with Gasteiger partial charge >= 0.3 is 0 Å². The number of nitrogens with zero attached hydrogens (tertiary/aromatic N) is 2. The molecule has 0 bridgehead atoms. The molecule has 1 unspecified atom stereocenters. The van der Waals surface area contributed by atoms with Crippen LogP contribution in [-0.4, -0.2) is 66.8 Å². The smallest absolute Gasteiger partial charge is 0.0916 e. The molecule has 0 radical (unpaired) electrons. The highest BCUT2D eigenvalue weighted by Gasteiger charge is 2.33. The molecule has 4 nitrogen and oxygen atoms in total. The highest BCUT2D eigenvalue weighted by molar-refractivity contribution is 5.17. The van der Waals surface area contributed by atoms with Crippen molar-refractivity contribution in [2.75, 3.05) is 45.8 Å². The zero-order valence-corrected chi connectivity index (χ0v) is 11.3. The van der Waals surface area contributed by atoms with E-state index in [4.69, 9.17) is 0 Å². The van der Waals surface area contributed by atoms with Crippen LogP contribution in [-0.2, 0) is 0 Å². The Labute approximate surface area is 115 Å². The first-order valence-corrected chi connectivity index (χ1v) is 7.23. The quantitative estimate of drug-likeness (QED) is 0.818. The van der Waals surface area contributed by atoms with E-state index in [1.807, 2.05) is 30.3 Å². The number of piperazine rings is 1. The number of aliphatic hydroxyl groups excluding tert-OH is 1. The van der Waals surface area contributed by atoms with Crippen molar-refractivity contribution in [3.63, 3.8) is 0 Å². The maximum Gasteiger partial charge on any atom is 0.0916 e. The van der Waals surface area contributed by atoms with E-state index in [1.54, 1.807) is 0 Å². The Hall–Kier alpha value is -0.940. The summed E-state index contributed by atoms with van der Waals surface area (Å²) in [5.41, 5.74) is 1.02. The molecule has 2 fully saturated rings. The van der Waals surface area contributed by atoms with Gasteiger partial charge in [0.1, 0.15) is 0 Å². The second-order valence-corrected chi connectivity index (χ2v) is 5.58. The first kappa shape index (κ1) is 13.1. The van der Waals surface area contributed by atoms with Gasteiger partial charge in [0.15, 0.2) is 0 Å². The van der Waals surface area contributed by atoms with Crippen LogP contribution in [0.1, 0.15) is 11.7 Å². The predicted molar refractivity (Wildman–Crippen MR) is 76.1 cm³/mol. The summed E-state index contributed by atoms with van der Waals surface area (Å²) in [5.74, 6) is 0. The lowest BCUT2D eigenvalue weighted by molar-refractivity contribution is -0.00100. The van der Waals surface area contributed by atoms with Gasteiger partial charge in [0.05, 0.1) is 6.10 Å². The van der Waals surface area contributed by atoms with Crippen molar-refractivity contribution in [1.29, 1.82) is 0 Å². The van der Waals surface area contributed by atoms with Crippen LogP contribution in [0.15, 0.2) is 30.3 Å². The molecule has 2 aliphatic heterocycles. The molecule has 0 aliphatic carbocycles. The molecule has 0 aromatic heterocycles. The minimum absolute atomic E-state index is 0.356. The third-order valence-corrected chi connectivity index (χ3v) is 4.22. The molecule has 2 N–H and O–H groups in total. The molecule has 19 heavy (non-hydrogen) atoms. The Morgan fingerprint density at radius 2 is 1.84 bits per heavy atom. The van der Waals surface area contributed by atoms with Crippen molar-refractivity contribution in [3.8, 4) is 0 Å². The van der Waals surface area contributed by atoms with Crippen LogP contribution in [0.2, 0.25) is 0 Å². The lowest BCUT2D eigenvalue weighted by Crippen LogP contribution is -2.63. The number of rotatable bonds is 4. The van der Waals surface area contributed by atoms with Crippen molar-refractivity contribution >= 4 is 0 Å². The summed E-state index contributed by atoms with van der Waals surface area (Å²) >= 11 is 0. The fraction of sp³-hybridized carbons (Fsp3) is 0.600. The van der Waals surface area contributed by atoms with Gasteiger partial charge in [-0.15, -0.1) is 0 Å². The van der Waals surface area contributed by atoms with Gasteiger partial charge in [0, 0.05) is 51.9 Å². The highest BCUT2D eigenvalue weighted by Crippen LogP contribution is 2.20. The first-order chi connectivity index (χ1) is 9.33. The largest absolute Gasteiger partial charge is 0.387 e. The number of aliphatic hydroxyl groups is 1. The normalized spacial score (nSPS) is 24.1. The number of β-amino-alcohol motifs (C(OH)–C–C–N with tert-alkyl or cyclic N) is 1. The summed E-state index contributed by atoms with van der Waals surface area (Å²) in [4.78, 5) is 4.92. The van der Waals surface area contributed by atoms with Gasteiger partial charge in [0.2, 0.25) is 0 Å². The van der Waals surface area contributed by atoms with E-state index >= 15 is 0 Å². The third-order valence-electron chi connectivity index (χ3n) is 4.22. The topological polar surface area (TPSA) is 38.7 Å². The molecular weight excluding hydrogens is 238 g/mol. The number of likely N-dealkylation sites (tertiary alicyclic amines) is 1. The van der Waals surface area contributed by atoms with Gasteiger partial charge in [-0.25, -0.2) is 0 Å². The second kappa shape index (κ2) is 6.01. The molecule has 0 spiro atoms. The van der Waals surface area contributed by atoms with E-state index in [0.29, 0.717) is 6.04 Å². The standard InChI is InChI=1S/C15H23N3O/c19-15(13-4-2-1-3-5-13)12-17-10-14(11-17)18-8-6-16-7-9-18/h1-5,14-16,19H,6-12H2. The molecule has 2 saturated heterocycles. The van der Waals surface area contributed by atoms with E-state index in [1.165, 1.54) is 13.1 Å². The SMILES string of the molecule is OC(CN1CC(N2CCNCC2)C1)c1ccccc1. The lowest BCUT2D eigenvalue weighted by Gasteiger charge is -2.47. The van der Waals surface area contributed by atoms with Crippen molar-refractivity contribution in [1.82, 2.24) is 15.1 Å². The van der Waals surface area contributed by atoms with E-state index in [-0.39, 0.29) is 6.10 Å². The van der Waals surface area contributed by atoms with E-state index in [9.17, 15) is 5.11 Å². The maximum absolute atomic E-state index is 10.2. The molecular formula is C15H23N3O. The van der Waals surface area contributed by atoms with Crippen molar-refractivity contribution in [2.24, 2.45) is 0 Å². The molecule has 104 valence electrons. The molecule has 1 atom stereocenters. The van der Waals surface area contributed by atoms with Crippen LogP contribution in [0.3, 0.4) is 0 Å². The summed E-state index contributed by atoms with van der Waals surface area (Å²) in [6.07, 6.45) is -0.356. The maximum atomic E-state index is 10.2. The molecule has 4 heteroatoms. The molecule has 1 aromatic rings. The van der Waals surface area contributed by atoms with Gasteiger partial charge in [-0.2, -0.15) is 0 Å². The summed E-state index contributed by atoms with van der Waals surface area (Å²) in [6.45, 7) is 7.52. The highest BCUT2D eigenvalue weighted by atomic mass is 16.3. The van der Waals surface area contributed by atoms with Crippen LogP contribution in [0.25, 0.3) is 0 Å². The van der Waals surface area contributed by atoms with Crippen LogP contribution < -0.4 is 5.32 Å². The Kier molecular flexibility index (Phi) is 4.13. The third kappa shape index (κ3) is 3.15. The average Bonchev–Trinajstić information content (AvgIpc) is 2.44. The zero-order chi connectivity index (χ0) is 13.1. The number of hydrogen-bond donors (Lipinski definition) is 2. The number of nitrogens with one attached hydrogen (secondary N) is 1. The summed E-state index contributed by atoms with van der Waals surface area (Å²) in [7, 11) is 0. The monoisotopic (exact) mass is 261 g/mol. The number of hydrogen-bond acceptors (Lipinski definition) is 4. The van der Waals surface area contributed by atoms with Gasteiger partial charge in [-0.1, -0.05) is 30.3 Å². The second-order valence-electron chi connectivity index (χ2n) is 5.58. The Bertz CT molecular complexity index is 386. The van der Waals surface area contributed by atoms with Crippen LogP contribution in [0, 0.1) is 0 Å². The van der Waals surface area contributed by atoms with Crippen LogP contribution in [0.4, 0.5) is 0 Å². The van der Waals surface area contributed by atoms with Gasteiger partial charge in [0.25, 0.3) is 0 Å². The number of benzene rings is 1. The lowest BCUT2D eigenvalue weighted by atomic mass is 10.0. The van der Waals surface area contributed by atoms with E-state index in [2.05, 4.69) is 15.1 Å².